The molecule has 0 aliphatic heterocycles. The molecular formula is C10H17NO. The van der Waals surface area contributed by atoms with Gasteiger partial charge in [0.2, 0.25) is 0 Å². The summed E-state index contributed by atoms with van der Waals surface area (Å²) in [5.41, 5.74) is 0.541. The highest BCUT2D eigenvalue weighted by Gasteiger charge is 1.96. The maximum Gasteiger partial charge on any atom is 0.130 e. The molecule has 0 saturated heterocycles. The summed E-state index contributed by atoms with van der Waals surface area (Å²) < 4.78 is 0. The molecule has 0 spiro atoms. The van der Waals surface area contributed by atoms with Gasteiger partial charge in [-0.2, -0.15) is 0 Å². The molecule has 0 aromatic rings. The van der Waals surface area contributed by atoms with Crippen LogP contribution in [0.2, 0.25) is 0 Å². The molecule has 0 aromatic heterocycles. The fourth-order valence-electron chi connectivity index (χ4n) is 0.703. The highest BCUT2D eigenvalue weighted by atomic mass is 16.1. The number of allylic oxidation sites excluding steroid dienone is 2. The van der Waals surface area contributed by atoms with Crippen LogP contribution in [0.3, 0.4) is 0 Å². The molecule has 0 saturated carbocycles. The van der Waals surface area contributed by atoms with E-state index in [1.54, 1.807) is 13.0 Å². The van der Waals surface area contributed by atoms with E-state index in [0.717, 1.165) is 0 Å². The molecule has 2 heteroatoms. The Morgan fingerprint density at radius 2 is 2.00 bits per heavy atom. The zero-order valence-electron chi connectivity index (χ0n) is 8.05. The minimum atomic E-state index is 0.151. The van der Waals surface area contributed by atoms with Crippen LogP contribution in [0, 0.1) is 11.3 Å². The van der Waals surface area contributed by atoms with Gasteiger partial charge in [0.1, 0.15) is 5.78 Å². The van der Waals surface area contributed by atoms with Crippen LogP contribution in [0.1, 0.15) is 33.6 Å². The predicted molar refractivity (Wildman–Crippen MR) is 51.6 cm³/mol. The van der Waals surface area contributed by atoms with Crippen LogP contribution in [-0.2, 0) is 4.79 Å². The summed E-state index contributed by atoms with van der Waals surface area (Å²) in [5.74, 6) is 0.625. The Balaban J connectivity index is 3.67. The molecule has 0 fully saturated rings. The number of nitrogens with one attached hydrogen (secondary N) is 1. The number of hydrogen-bond acceptors (Lipinski definition) is 2. The molecule has 0 heterocycles. The Morgan fingerprint density at radius 3 is 2.42 bits per heavy atom. The third-order valence-corrected chi connectivity index (χ3v) is 1.43. The normalized spacial score (nSPS) is 11.0. The van der Waals surface area contributed by atoms with Gasteiger partial charge in [0.15, 0.2) is 0 Å². The van der Waals surface area contributed by atoms with Crippen molar-refractivity contribution in [3.05, 3.63) is 12.2 Å². The molecule has 0 atom stereocenters. The van der Waals surface area contributed by atoms with Gasteiger partial charge in [-0.3, -0.25) is 0 Å². The number of ketones is 1. The lowest BCUT2D eigenvalue weighted by Crippen LogP contribution is -1.97. The average molecular weight is 167 g/mol. The molecule has 0 aliphatic rings. The largest absolute Gasteiger partial charge is 0.305 e. The second kappa shape index (κ2) is 5.70. The van der Waals surface area contributed by atoms with E-state index >= 15 is 0 Å². The Kier molecular flexibility index (Phi) is 5.26. The molecule has 12 heavy (non-hydrogen) atoms. The van der Waals surface area contributed by atoms with Gasteiger partial charge in [0.05, 0.1) is 0 Å². The van der Waals surface area contributed by atoms with Crippen molar-refractivity contribution < 1.29 is 4.79 Å². The summed E-state index contributed by atoms with van der Waals surface area (Å²) in [6.45, 7) is 5.68. The van der Waals surface area contributed by atoms with Crippen molar-refractivity contribution in [2.45, 2.75) is 33.6 Å². The van der Waals surface area contributed by atoms with E-state index in [1.165, 1.54) is 0 Å². The molecular weight excluding hydrogens is 150 g/mol. The van der Waals surface area contributed by atoms with Gasteiger partial charge in [-0.15, -0.1) is 0 Å². The lowest BCUT2D eigenvalue weighted by atomic mass is 10.1. The van der Waals surface area contributed by atoms with Crippen molar-refractivity contribution in [2.24, 2.45) is 5.92 Å². The van der Waals surface area contributed by atoms with E-state index in [-0.39, 0.29) is 5.78 Å². The van der Waals surface area contributed by atoms with Gasteiger partial charge >= 0.3 is 0 Å². The zero-order valence-corrected chi connectivity index (χ0v) is 8.05. The van der Waals surface area contributed by atoms with E-state index in [1.807, 2.05) is 6.08 Å². The lowest BCUT2D eigenvalue weighted by Gasteiger charge is -1.96. The van der Waals surface area contributed by atoms with Crippen LogP contribution in [0.15, 0.2) is 12.2 Å². The summed E-state index contributed by atoms with van der Waals surface area (Å²) in [6, 6.07) is 0. The summed E-state index contributed by atoms with van der Waals surface area (Å²) in [4.78, 5) is 10.6. The molecule has 0 bridgehead atoms. The van der Waals surface area contributed by atoms with Crippen LogP contribution in [0.5, 0.6) is 0 Å². The summed E-state index contributed by atoms with van der Waals surface area (Å²) >= 11 is 0. The minimum Gasteiger partial charge on any atom is -0.305 e. The number of rotatable bonds is 5. The fourth-order valence-corrected chi connectivity index (χ4v) is 0.703. The maximum atomic E-state index is 10.6. The molecule has 0 unspecified atom stereocenters. The smallest absolute Gasteiger partial charge is 0.130 e. The molecule has 0 rings (SSSR count). The van der Waals surface area contributed by atoms with Crippen molar-refractivity contribution in [1.29, 1.82) is 5.41 Å². The number of carbonyl (C=O) groups excluding carboxylic acids is 1. The fraction of sp³-hybridized carbons (Fsp3) is 0.600. The number of hydrogen-bond donors (Lipinski definition) is 1. The molecule has 0 aliphatic carbocycles. The highest BCUT2D eigenvalue weighted by Crippen LogP contribution is 1.98. The van der Waals surface area contributed by atoms with Crippen LogP contribution < -0.4 is 0 Å². The second-order valence-corrected chi connectivity index (χ2v) is 3.33. The van der Waals surface area contributed by atoms with Gasteiger partial charge in [0.25, 0.3) is 0 Å². The highest BCUT2D eigenvalue weighted by molar-refractivity contribution is 5.94. The molecule has 2 nitrogen and oxygen atoms in total. The quantitative estimate of drug-likeness (QED) is 0.628. The van der Waals surface area contributed by atoms with Gasteiger partial charge < -0.3 is 10.2 Å². The average Bonchev–Trinajstić information content (AvgIpc) is 1.96. The standard InChI is InChI=1S/C10H17NO/c1-8(2)4-6-10(11)7-5-9(3)12/h4,6,8,11H,5,7H2,1-3H3/b6-4+,11-10?. The summed E-state index contributed by atoms with van der Waals surface area (Å²) in [7, 11) is 0. The summed E-state index contributed by atoms with van der Waals surface area (Å²) in [5, 5.41) is 7.44. The van der Waals surface area contributed by atoms with E-state index in [2.05, 4.69) is 13.8 Å². The van der Waals surface area contributed by atoms with E-state index < -0.39 is 0 Å². The third-order valence-electron chi connectivity index (χ3n) is 1.43. The van der Waals surface area contributed by atoms with Gasteiger partial charge in [-0.1, -0.05) is 19.9 Å². The van der Waals surface area contributed by atoms with Crippen LogP contribution in [0.4, 0.5) is 0 Å². The molecule has 1 N–H and O–H groups in total. The van der Waals surface area contributed by atoms with Gasteiger partial charge in [-0.05, 0) is 25.3 Å². The first-order valence-electron chi connectivity index (χ1n) is 4.27. The van der Waals surface area contributed by atoms with Crippen LogP contribution in [0.25, 0.3) is 0 Å². The van der Waals surface area contributed by atoms with Gasteiger partial charge in [0, 0.05) is 12.1 Å². The Bertz CT molecular complexity index is 192. The van der Waals surface area contributed by atoms with E-state index in [0.29, 0.717) is 24.5 Å². The molecule has 0 radical (unpaired) electrons. The first kappa shape index (κ1) is 11.1. The first-order chi connectivity index (χ1) is 5.52. The molecule has 0 amide bonds. The Hall–Kier alpha value is -0.920. The number of carbonyl (C=O) groups is 1. The lowest BCUT2D eigenvalue weighted by molar-refractivity contribution is -0.116. The van der Waals surface area contributed by atoms with Crippen LogP contribution >= 0.6 is 0 Å². The zero-order chi connectivity index (χ0) is 9.56. The van der Waals surface area contributed by atoms with E-state index in [9.17, 15) is 4.79 Å². The van der Waals surface area contributed by atoms with Crippen molar-refractivity contribution in [1.82, 2.24) is 0 Å². The monoisotopic (exact) mass is 167 g/mol. The van der Waals surface area contributed by atoms with Crippen LogP contribution in [-0.4, -0.2) is 11.5 Å². The topological polar surface area (TPSA) is 40.9 Å². The Labute approximate surface area is 74.2 Å². The summed E-state index contributed by atoms with van der Waals surface area (Å²) in [6.07, 6.45) is 4.82. The van der Waals surface area contributed by atoms with E-state index in [4.69, 9.17) is 5.41 Å². The third kappa shape index (κ3) is 7.19. The van der Waals surface area contributed by atoms with Crippen molar-refractivity contribution in [3.63, 3.8) is 0 Å². The first-order valence-corrected chi connectivity index (χ1v) is 4.27. The molecule has 68 valence electrons. The Morgan fingerprint density at radius 1 is 1.42 bits per heavy atom. The maximum absolute atomic E-state index is 10.6. The van der Waals surface area contributed by atoms with Gasteiger partial charge in [-0.25, -0.2) is 0 Å². The predicted octanol–water partition coefficient (Wildman–Crippen LogP) is 2.59. The minimum absolute atomic E-state index is 0.151. The SMILES string of the molecule is CC(=O)CCC(=N)/C=C/C(C)C. The van der Waals surface area contributed by atoms with Crippen molar-refractivity contribution in [2.75, 3.05) is 0 Å². The van der Waals surface area contributed by atoms with Crippen molar-refractivity contribution >= 4 is 11.5 Å². The molecule has 0 aromatic carbocycles. The second-order valence-electron chi connectivity index (χ2n) is 3.33. The van der Waals surface area contributed by atoms with Crippen molar-refractivity contribution in [3.8, 4) is 0 Å². The number of Topliss-reactive ketones (excluding diaryl/α,β-unsaturated/α-hetero) is 1.